The van der Waals surface area contributed by atoms with E-state index >= 15 is 0 Å². The van der Waals surface area contributed by atoms with Gasteiger partial charge in [-0.3, -0.25) is 4.79 Å². The largest absolute Gasteiger partial charge is 0.493 e. The topological polar surface area (TPSA) is 57.9 Å². The lowest BCUT2D eigenvalue weighted by molar-refractivity contribution is -0.0498. The molecule has 1 heterocycles. The van der Waals surface area contributed by atoms with Crippen LogP contribution >= 0.6 is 0 Å². The Morgan fingerprint density at radius 1 is 1.03 bits per heavy atom. The second-order valence-corrected chi connectivity index (χ2v) is 5.84. The predicted octanol–water partition coefficient (Wildman–Crippen LogP) is 5.36. The molecule has 0 aliphatic heterocycles. The first-order valence-corrected chi connectivity index (χ1v) is 8.67. The fourth-order valence-corrected chi connectivity index (χ4v) is 2.50. The van der Waals surface area contributed by atoms with E-state index in [1.165, 1.54) is 36.4 Å². The van der Waals surface area contributed by atoms with Gasteiger partial charge in [-0.25, -0.2) is 0 Å². The SMILES string of the molecule is COc1ccccc1OCc1ccc(/C=C/C(=O)c2ccc(OC(F)F)cc2)o1. The molecule has 0 atom stereocenters. The van der Waals surface area contributed by atoms with Gasteiger partial charge in [0.05, 0.1) is 7.11 Å². The standard InChI is InChI=1S/C22H18F2O5/c1-26-20-4-2-3-5-21(20)27-14-18-11-10-16(28-18)12-13-19(25)15-6-8-17(9-7-15)29-22(23)24/h2-13,22H,14H2,1H3/b13-12+. The molecule has 3 rings (SSSR count). The molecule has 0 N–H and O–H groups in total. The molecule has 0 aliphatic carbocycles. The summed E-state index contributed by atoms with van der Waals surface area (Å²) in [5.74, 6) is 1.97. The summed E-state index contributed by atoms with van der Waals surface area (Å²) in [7, 11) is 1.56. The summed E-state index contributed by atoms with van der Waals surface area (Å²) in [5, 5.41) is 0. The summed E-state index contributed by atoms with van der Waals surface area (Å²) < 4.78 is 45.1. The van der Waals surface area contributed by atoms with Crippen LogP contribution < -0.4 is 14.2 Å². The van der Waals surface area contributed by atoms with E-state index in [0.717, 1.165) is 0 Å². The molecular formula is C22H18F2O5. The smallest absolute Gasteiger partial charge is 0.387 e. The van der Waals surface area contributed by atoms with Crippen molar-refractivity contribution in [2.24, 2.45) is 0 Å². The van der Waals surface area contributed by atoms with E-state index in [4.69, 9.17) is 13.9 Å². The third kappa shape index (κ3) is 5.68. The first-order chi connectivity index (χ1) is 14.0. The summed E-state index contributed by atoms with van der Waals surface area (Å²) >= 11 is 0. The molecule has 0 saturated carbocycles. The van der Waals surface area contributed by atoms with Gasteiger partial charge in [-0.15, -0.1) is 0 Å². The van der Waals surface area contributed by atoms with Crippen LogP contribution in [0.4, 0.5) is 8.78 Å². The Balaban J connectivity index is 1.57. The quantitative estimate of drug-likeness (QED) is 0.357. The van der Waals surface area contributed by atoms with Crippen LogP contribution in [0.5, 0.6) is 17.2 Å². The molecule has 0 unspecified atom stereocenters. The van der Waals surface area contributed by atoms with Crippen molar-refractivity contribution in [1.82, 2.24) is 0 Å². The second-order valence-electron chi connectivity index (χ2n) is 5.84. The van der Waals surface area contributed by atoms with Crippen LogP contribution in [0.1, 0.15) is 21.9 Å². The first kappa shape index (κ1) is 20.1. The van der Waals surface area contributed by atoms with E-state index in [1.807, 2.05) is 12.1 Å². The number of allylic oxidation sites excluding steroid dienone is 1. The molecule has 0 fully saturated rings. The minimum absolute atomic E-state index is 0.00810. The van der Waals surface area contributed by atoms with E-state index in [9.17, 15) is 13.6 Å². The zero-order valence-electron chi connectivity index (χ0n) is 15.5. The molecule has 0 aliphatic rings. The molecular weight excluding hydrogens is 382 g/mol. The highest BCUT2D eigenvalue weighted by atomic mass is 19.3. The average Bonchev–Trinajstić information content (AvgIpc) is 3.18. The van der Waals surface area contributed by atoms with Gasteiger partial charge >= 0.3 is 6.61 Å². The highest BCUT2D eigenvalue weighted by Crippen LogP contribution is 2.27. The highest BCUT2D eigenvalue weighted by molar-refractivity contribution is 6.06. The Kier molecular flexibility index (Phi) is 6.63. The number of methoxy groups -OCH3 is 1. The maximum Gasteiger partial charge on any atom is 0.387 e. The maximum absolute atomic E-state index is 12.2. The molecule has 2 aromatic carbocycles. The third-order valence-electron chi connectivity index (χ3n) is 3.88. The number of carbonyl (C=O) groups is 1. The van der Waals surface area contributed by atoms with Gasteiger partial charge in [-0.1, -0.05) is 12.1 Å². The summed E-state index contributed by atoms with van der Waals surface area (Å²) in [6, 6.07) is 16.2. The fraction of sp³-hybridized carbons (Fsp3) is 0.136. The van der Waals surface area contributed by atoms with Crippen LogP contribution in [-0.4, -0.2) is 19.5 Å². The van der Waals surface area contributed by atoms with Crippen molar-refractivity contribution in [3.05, 3.63) is 83.8 Å². The number of ketones is 1. The minimum Gasteiger partial charge on any atom is -0.493 e. The van der Waals surface area contributed by atoms with Gasteiger partial charge in [0.2, 0.25) is 0 Å². The number of halogens is 2. The van der Waals surface area contributed by atoms with Crippen molar-refractivity contribution in [3.8, 4) is 17.2 Å². The summed E-state index contributed by atoms with van der Waals surface area (Å²) in [4.78, 5) is 12.2. The zero-order chi connectivity index (χ0) is 20.6. The molecule has 0 saturated heterocycles. The lowest BCUT2D eigenvalue weighted by Gasteiger charge is -2.08. The average molecular weight is 400 g/mol. The first-order valence-electron chi connectivity index (χ1n) is 8.67. The number of benzene rings is 2. The van der Waals surface area contributed by atoms with E-state index in [0.29, 0.717) is 28.6 Å². The van der Waals surface area contributed by atoms with E-state index in [2.05, 4.69) is 4.74 Å². The molecule has 3 aromatic rings. The number of furan rings is 1. The van der Waals surface area contributed by atoms with Crippen LogP contribution in [0, 0.1) is 0 Å². The van der Waals surface area contributed by atoms with E-state index in [-0.39, 0.29) is 18.1 Å². The molecule has 29 heavy (non-hydrogen) atoms. The molecule has 1 aromatic heterocycles. The van der Waals surface area contributed by atoms with E-state index in [1.54, 1.807) is 31.4 Å². The molecule has 0 radical (unpaired) electrons. The second kappa shape index (κ2) is 9.54. The number of rotatable bonds is 9. The van der Waals surface area contributed by atoms with Crippen LogP contribution in [0.15, 0.2) is 71.2 Å². The Morgan fingerprint density at radius 3 is 2.45 bits per heavy atom. The summed E-state index contributed by atoms with van der Waals surface area (Å²) in [6.45, 7) is -2.70. The number of hydrogen-bond acceptors (Lipinski definition) is 5. The van der Waals surface area contributed by atoms with Crippen molar-refractivity contribution in [3.63, 3.8) is 0 Å². The van der Waals surface area contributed by atoms with Gasteiger partial charge < -0.3 is 18.6 Å². The van der Waals surface area contributed by atoms with Crippen molar-refractivity contribution >= 4 is 11.9 Å². The van der Waals surface area contributed by atoms with Crippen LogP contribution in [0.25, 0.3) is 6.08 Å². The molecule has 150 valence electrons. The van der Waals surface area contributed by atoms with Crippen LogP contribution in [0.2, 0.25) is 0 Å². The lowest BCUT2D eigenvalue weighted by Crippen LogP contribution is -2.02. The number of alkyl halides is 2. The van der Waals surface area contributed by atoms with Crippen LogP contribution in [0.3, 0.4) is 0 Å². The normalized spacial score (nSPS) is 11.0. The molecule has 0 amide bonds. The molecule has 0 bridgehead atoms. The molecule has 5 nitrogen and oxygen atoms in total. The Bertz CT molecular complexity index is 977. The monoisotopic (exact) mass is 400 g/mol. The van der Waals surface area contributed by atoms with E-state index < -0.39 is 6.61 Å². The van der Waals surface area contributed by atoms with Crippen molar-refractivity contribution < 1.29 is 32.2 Å². The zero-order valence-corrected chi connectivity index (χ0v) is 15.5. The molecule has 0 spiro atoms. The van der Waals surface area contributed by atoms with Gasteiger partial charge in [-0.05, 0) is 60.7 Å². The minimum atomic E-state index is -2.91. The number of carbonyl (C=O) groups excluding carboxylic acids is 1. The lowest BCUT2D eigenvalue weighted by atomic mass is 10.1. The highest BCUT2D eigenvalue weighted by Gasteiger charge is 2.08. The van der Waals surface area contributed by atoms with Crippen molar-refractivity contribution in [2.45, 2.75) is 13.2 Å². The number of hydrogen-bond donors (Lipinski definition) is 0. The van der Waals surface area contributed by atoms with Gasteiger partial charge in [0.1, 0.15) is 23.9 Å². The number of ether oxygens (including phenoxy) is 3. The third-order valence-corrected chi connectivity index (χ3v) is 3.88. The van der Waals surface area contributed by atoms with Gasteiger partial charge in [-0.2, -0.15) is 8.78 Å². The van der Waals surface area contributed by atoms with Gasteiger partial charge in [0.25, 0.3) is 0 Å². The molecule has 7 heteroatoms. The van der Waals surface area contributed by atoms with Gasteiger partial charge in [0, 0.05) is 5.56 Å². The predicted molar refractivity (Wildman–Crippen MR) is 102 cm³/mol. The van der Waals surface area contributed by atoms with Crippen LogP contribution in [-0.2, 0) is 6.61 Å². The summed E-state index contributed by atoms with van der Waals surface area (Å²) in [6.07, 6.45) is 2.87. The fourth-order valence-electron chi connectivity index (χ4n) is 2.50. The van der Waals surface area contributed by atoms with Crippen molar-refractivity contribution in [2.75, 3.05) is 7.11 Å². The summed E-state index contributed by atoms with van der Waals surface area (Å²) in [5.41, 5.74) is 0.342. The van der Waals surface area contributed by atoms with Crippen molar-refractivity contribution in [1.29, 1.82) is 0 Å². The number of para-hydroxylation sites is 2. The maximum atomic E-state index is 12.2. The van der Waals surface area contributed by atoms with Gasteiger partial charge in [0.15, 0.2) is 17.3 Å². The Morgan fingerprint density at radius 2 is 1.76 bits per heavy atom. The Labute approximate surface area is 166 Å². The Hall–Kier alpha value is -3.61.